The number of piperidine rings is 1. The predicted octanol–water partition coefficient (Wildman–Crippen LogP) is 6.04. The Balaban J connectivity index is 1.41. The molecule has 2 N–H and O–H groups in total. The van der Waals surface area contributed by atoms with Crippen LogP contribution in [0.4, 0.5) is 17.1 Å². The second-order valence-corrected chi connectivity index (χ2v) is 10.2. The largest absolute Gasteiger partial charge is 0.372 e. The summed E-state index contributed by atoms with van der Waals surface area (Å²) in [4.78, 5) is 15.0. The van der Waals surface area contributed by atoms with Crippen LogP contribution in [0.2, 0.25) is 10.0 Å². The highest BCUT2D eigenvalue weighted by Gasteiger charge is 2.17. The summed E-state index contributed by atoms with van der Waals surface area (Å²) in [5.74, 6) is -0.264. The molecule has 0 radical (unpaired) electrons. The van der Waals surface area contributed by atoms with Crippen molar-refractivity contribution in [1.82, 2.24) is 0 Å². The molecule has 1 saturated heterocycles. The van der Waals surface area contributed by atoms with Crippen LogP contribution in [0.15, 0.2) is 71.6 Å². The van der Waals surface area contributed by atoms with Gasteiger partial charge in [0.1, 0.15) is 0 Å². The number of carbonyl (C=O) groups excluding carboxylic acids is 1. The van der Waals surface area contributed by atoms with Crippen LogP contribution in [0.1, 0.15) is 29.6 Å². The first-order chi connectivity index (χ1) is 15.8. The van der Waals surface area contributed by atoms with E-state index in [-0.39, 0.29) is 26.5 Å². The van der Waals surface area contributed by atoms with Gasteiger partial charge in [0.15, 0.2) is 0 Å². The van der Waals surface area contributed by atoms with Crippen molar-refractivity contribution in [3.05, 3.63) is 82.3 Å². The van der Waals surface area contributed by atoms with Crippen LogP contribution in [0.3, 0.4) is 0 Å². The van der Waals surface area contributed by atoms with Crippen LogP contribution < -0.4 is 14.9 Å². The smallest absolute Gasteiger partial charge is 0.261 e. The number of benzene rings is 3. The number of carbonyl (C=O) groups is 1. The Kier molecular flexibility index (Phi) is 7.12. The molecular formula is C24H23Cl2N3O3S. The lowest BCUT2D eigenvalue weighted by molar-refractivity contribution is 0.102. The lowest BCUT2D eigenvalue weighted by atomic mass is 10.1. The van der Waals surface area contributed by atoms with Crippen molar-refractivity contribution in [2.75, 3.05) is 28.0 Å². The van der Waals surface area contributed by atoms with E-state index in [9.17, 15) is 13.2 Å². The quantitative estimate of drug-likeness (QED) is 0.429. The van der Waals surface area contributed by atoms with E-state index in [1.54, 1.807) is 24.3 Å². The van der Waals surface area contributed by atoms with E-state index in [2.05, 4.69) is 14.9 Å². The molecule has 0 aliphatic carbocycles. The summed E-state index contributed by atoms with van der Waals surface area (Å²) >= 11 is 12.0. The molecule has 0 bridgehead atoms. The first-order valence-electron chi connectivity index (χ1n) is 10.6. The summed E-state index contributed by atoms with van der Waals surface area (Å²) in [7, 11) is -3.88. The fraction of sp³-hybridized carbons (Fsp3) is 0.208. The first kappa shape index (κ1) is 23.4. The van der Waals surface area contributed by atoms with Gasteiger partial charge in [-0.3, -0.25) is 9.52 Å². The summed E-state index contributed by atoms with van der Waals surface area (Å²) < 4.78 is 27.8. The molecule has 1 amide bonds. The third kappa shape index (κ3) is 5.61. The summed E-state index contributed by atoms with van der Waals surface area (Å²) in [5.41, 5.74) is 2.33. The Morgan fingerprint density at radius 2 is 1.52 bits per heavy atom. The molecule has 172 valence electrons. The van der Waals surface area contributed by atoms with Gasteiger partial charge in [-0.1, -0.05) is 29.3 Å². The SMILES string of the molecule is O=C(Nc1ccc(S(=O)(=O)Nc2cccc(Cl)c2Cl)cc1)c1ccc(N2CCCCC2)cc1. The van der Waals surface area contributed by atoms with E-state index >= 15 is 0 Å². The van der Waals surface area contributed by atoms with Gasteiger partial charge in [-0.25, -0.2) is 8.42 Å². The minimum absolute atomic E-state index is 0.0300. The molecule has 4 rings (SSSR count). The number of nitrogens with zero attached hydrogens (tertiary/aromatic N) is 1. The first-order valence-corrected chi connectivity index (χ1v) is 12.8. The minimum atomic E-state index is -3.88. The summed E-state index contributed by atoms with van der Waals surface area (Å²) in [6, 6.07) is 18.1. The molecule has 6 nitrogen and oxygen atoms in total. The number of halogens is 2. The Labute approximate surface area is 203 Å². The number of hydrogen-bond donors (Lipinski definition) is 2. The highest BCUT2D eigenvalue weighted by Crippen LogP contribution is 2.31. The topological polar surface area (TPSA) is 78.5 Å². The van der Waals surface area contributed by atoms with Crippen LogP contribution in [-0.4, -0.2) is 27.4 Å². The number of amides is 1. The van der Waals surface area contributed by atoms with Crippen molar-refractivity contribution in [3.63, 3.8) is 0 Å². The van der Waals surface area contributed by atoms with Gasteiger partial charge in [0.05, 0.1) is 20.6 Å². The number of hydrogen-bond acceptors (Lipinski definition) is 4. The van der Waals surface area contributed by atoms with Crippen LogP contribution >= 0.6 is 23.2 Å². The molecule has 33 heavy (non-hydrogen) atoms. The van der Waals surface area contributed by atoms with Gasteiger partial charge in [-0.15, -0.1) is 0 Å². The Bertz CT molecular complexity index is 1240. The maximum absolute atomic E-state index is 12.7. The highest BCUT2D eigenvalue weighted by molar-refractivity contribution is 7.92. The van der Waals surface area contributed by atoms with Gasteiger partial charge < -0.3 is 10.2 Å². The van der Waals surface area contributed by atoms with Gasteiger partial charge in [0.2, 0.25) is 0 Å². The molecule has 0 aromatic heterocycles. The molecule has 0 atom stereocenters. The van der Waals surface area contributed by atoms with E-state index < -0.39 is 10.0 Å². The normalized spacial score (nSPS) is 14.1. The van der Waals surface area contributed by atoms with Crippen LogP contribution in [0.25, 0.3) is 0 Å². The van der Waals surface area contributed by atoms with Gasteiger partial charge in [-0.2, -0.15) is 0 Å². The molecule has 3 aromatic rings. The van der Waals surface area contributed by atoms with E-state index in [0.717, 1.165) is 18.8 Å². The zero-order valence-electron chi connectivity index (χ0n) is 17.7. The summed E-state index contributed by atoms with van der Waals surface area (Å²) in [6.45, 7) is 2.08. The second-order valence-electron chi connectivity index (χ2n) is 7.78. The van der Waals surface area contributed by atoms with Crippen molar-refractivity contribution in [3.8, 4) is 0 Å². The predicted molar refractivity (Wildman–Crippen MR) is 134 cm³/mol. The molecule has 1 aliphatic rings. The van der Waals surface area contributed by atoms with E-state index in [1.165, 1.54) is 49.6 Å². The van der Waals surface area contributed by atoms with Crippen LogP contribution in [0, 0.1) is 0 Å². The van der Waals surface area contributed by atoms with E-state index in [0.29, 0.717) is 11.3 Å². The minimum Gasteiger partial charge on any atom is -0.372 e. The van der Waals surface area contributed by atoms with Crippen LogP contribution in [0.5, 0.6) is 0 Å². The Morgan fingerprint density at radius 3 is 2.18 bits per heavy atom. The third-order valence-electron chi connectivity index (χ3n) is 5.47. The Morgan fingerprint density at radius 1 is 0.848 bits per heavy atom. The van der Waals surface area contributed by atoms with Gasteiger partial charge in [0, 0.05) is 30.0 Å². The molecule has 0 spiro atoms. The zero-order valence-corrected chi connectivity index (χ0v) is 20.1. The number of anilines is 3. The van der Waals surface area contributed by atoms with Crippen LogP contribution in [-0.2, 0) is 10.0 Å². The highest BCUT2D eigenvalue weighted by atomic mass is 35.5. The summed E-state index contributed by atoms with van der Waals surface area (Å²) in [6.07, 6.45) is 3.65. The molecular weight excluding hydrogens is 481 g/mol. The Hall–Kier alpha value is -2.74. The maximum atomic E-state index is 12.7. The fourth-order valence-corrected chi connectivity index (χ4v) is 5.16. The standard InChI is InChI=1S/C24H23Cl2N3O3S/c25-21-5-4-6-22(23(21)26)28-33(31,32)20-13-9-18(10-14-20)27-24(30)17-7-11-19(12-8-17)29-15-2-1-3-16-29/h4-14,28H,1-3,15-16H2,(H,27,30). The molecule has 0 unspecified atom stereocenters. The third-order valence-corrected chi connectivity index (χ3v) is 7.67. The lowest BCUT2D eigenvalue weighted by Gasteiger charge is -2.28. The summed E-state index contributed by atoms with van der Waals surface area (Å²) in [5, 5.41) is 3.17. The molecule has 1 fully saturated rings. The van der Waals surface area contributed by atoms with Gasteiger partial charge in [-0.05, 0) is 79.9 Å². The lowest BCUT2D eigenvalue weighted by Crippen LogP contribution is -2.29. The van der Waals surface area contributed by atoms with Gasteiger partial charge >= 0.3 is 0 Å². The molecule has 3 aromatic carbocycles. The average Bonchev–Trinajstić information content (AvgIpc) is 2.83. The number of rotatable bonds is 6. The van der Waals surface area contributed by atoms with Crippen molar-refractivity contribution in [1.29, 1.82) is 0 Å². The molecule has 1 heterocycles. The number of nitrogens with one attached hydrogen (secondary N) is 2. The van der Waals surface area contributed by atoms with E-state index in [4.69, 9.17) is 23.2 Å². The zero-order chi connectivity index (χ0) is 23.4. The monoisotopic (exact) mass is 503 g/mol. The van der Waals surface area contributed by atoms with Crippen molar-refractivity contribution in [2.45, 2.75) is 24.2 Å². The van der Waals surface area contributed by atoms with Crippen molar-refractivity contribution >= 4 is 56.2 Å². The fourth-order valence-electron chi connectivity index (χ4n) is 3.68. The molecule has 0 saturated carbocycles. The number of sulfonamides is 1. The molecule has 9 heteroatoms. The van der Waals surface area contributed by atoms with E-state index in [1.807, 2.05) is 12.1 Å². The average molecular weight is 504 g/mol. The molecule has 1 aliphatic heterocycles. The van der Waals surface area contributed by atoms with Crippen molar-refractivity contribution < 1.29 is 13.2 Å². The maximum Gasteiger partial charge on any atom is 0.261 e. The van der Waals surface area contributed by atoms with Crippen molar-refractivity contribution in [2.24, 2.45) is 0 Å². The second kappa shape index (κ2) is 10.0. The van der Waals surface area contributed by atoms with Gasteiger partial charge in [0.25, 0.3) is 15.9 Å².